The third-order valence-corrected chi connectivity index (χ3v) is 2.31. The SMILES string of the molecule is N#Cc1ccn(-c2ccc(F)cc2)c1C(=O)O. The number of halogens is 1. The summed E-state index contributed by atoms with van der Waals surface area (Å²) in [6.45, 7) is 0. The van der Waals surface area contributed by atoms with Crippen molar-refractivity contribution in [2.24, 2.45) is 0 Å². The molecule has 0 aliphatic rings. The average Bonchev–Trinajstić information content (AvgIpc) is 2.73. The number of carbonyl (C=O) groups is 1. The summed E-state index contributed by atoms with van der Waals surface area (Å²) >= 11 is 0. The Balaban J connectivity index is 2.60. The van der Waals surface area contributed by atoms with Crippen LogP contribution in [-0.2, 0) is 0 Å². The lowest BCUT2D eigenvalue weighted by Crippen LogP contribution is -2.07. The third kappa shape index (κ3) is 1.88. The van der Waals surface area contributed by atoms with Crippen molar-refractivity contribution in [1.29, 1.82) is 5.26 Å². The summed E-state index contributed by atoms with van der Waals surface area (Å²) in [6.07, 6.45) is 1.47. The molecule has 17 heavy (non-hydrogen) atoms. The minimum Gasteiger partial charge on any atom is -0.477 e. The van der Waals surface area contributed by atoms with Crippen LogP contribution in [0.2, 0.25) is 0 Å². The second kappa shape index (κ2) is 4.10. The van der Waals surface area contributed by atoms with Gasteiger partial charge in [-0.05, 0) is 30.3 Å². The fourth-order valence-electron chi connectivity index (χ4n) is 1.56. The first-order chi connectivity index (χ1) is 8.13. The lowest BCUT2D eigenvalue weighted by Gasteiger charge is -2.06. The fourth-order valence-corrected chi connectivity index (χ4v) is 1.56. The number of hydrogen-bond donors (Lipinski definition) is 1. The van der Waals surface area contributed by atoms with Gasteiger partial charge in [-0.1, -0.05) is 0 Å². The Bertz CT molecular complexity index is 608. The van der Waals surface area contributed by atoms with Crippen LogP contribution >= 0.6 is 0 Å². The van der Waals surface area contributed by atoms with Crippen LogP contribution in [0.25, 0.3) is 5.69 Å². The first-order valence-electron chi connectivity index (χ1n) is 4.74. The molecular weight excluding hydrogens is 223 g/mol. The molecule has 5 heteroatoms. The average molecular weight is 230 g/mol. The van der Waals surface area contributed by atoms with Gasteiger partial charge in [-0.3, -0.25) is 0 Å². The molecule has 0 aliphatic heterocycles. The molecule has 2 rings (SSSR count). The minimum absolute atomic E-state index is 0.0711. The Labute approximate surface area is 96.2 Å². The number of benzene rings is 1. The van der Waals surface area contributed by atoms with Crippen LogP contribution in [0.1, 0.15) is 16.1 Å². The van der Waals surface area contributed by atoms with Crippen LogP contribution < -0.4 is 0 Å². The standard InChI is InChI=1S/C12H7FN2O2/c13-9-1-3-10(4-2-9)15-6-5-8(7-14)11(15)12(16)17/h1-6H,(H,16,17). The van der Waals surface area contributed by atoms with E-state index in [4.69, 9.17) is 10.4 Å². The van der Waals surface area contributed by atoms with E-state index in [1.54, 1.807) is 6.07 Å². The van der Waals surface area contributed by atoms with Crippen molar-refractivity contribution >= 4 is 5.97 Å². The van der Waals surface area contributed by atoms with E-state index in [9.17, 15) is 9.18 Å². The summed E-state index contributed by atoms with van der Waals surface area (Å²) in [5.41, 5.74) is 0.436. The second-order valence-electron chi connectivity index (χ2n) is 3.34. The van der Waals surface area contributed by atoms with Gasteiger partial charge in [0.25, 0.3) is 0 Å². The van der Waals surface area contributed by atoms with Gasteiger partial charge in [-0.15, -0.1) is 0 Å². The Morgan fingerprint density at radius 2 is 1.94 bits per heavy atom. The van der Waals surface area contributed by atoms with E-state index in [2.05, 4.69) is 0 Å². The predicted molar refractivity (Wildman–Crippen MR) is 57.4 cm³/mol. The summed E-state index contributed by atoms with van der Waals surface area (Å²) in [4.78, 5) is 11.1. The van der Waals surface area contributed by atoms with Crippen LogP contribution in [-0.4, -0.2) is 15.6 Å². The molecule has 84 valence electrons. The van der Waals surface area contributed by atoms with Crippen molar-refractivity contribution in [2.75, 3.05) is 0 Å². The quantitative estimate of drug-likeness (QED) is 0.859. The molecule has 1 aromatic carbocycles. The molecule has 1 aromatic heterocycles. The summed E-state index contributed by atoms with van der Waals surface area (Å²) in [6, 6.07) is 8.57. The largest absolute Gasteiger partial charge is 0.477 e. The Morgan fingerprint density at radius 3 is 2.47 bits per heavy atom. The third-order valence-electron chi connectivity index (χ3n) is 2.31. The first kappa shape index (κ1) is 10.9. The second-order valence-corrected chi connectivity index (χ2v) is 3.34. The number of rotatable bonds is 2. The van der Waals surface area contributed by atoms with Crippen LogP contribution in [0.4, 0.5) is 4.39 Å². The van der Waals surface area contributed by atoms with Gasteiger partial charge in [0.05, 0.1) is 5.56 Å². The summed E-state index contributed by atoms with van der Waals surface area (Å²) in [5, 5.41) is 17.8. The Morgan fingerprint density at radius 1 is 1.29 bits per heavy atom. The van der Waals surface area contributed by atoms with Gasteiger partial charge in [0.15, 0.2) is 0 Å². The van der Waals surface area contributed by atoms with Gasteiger partial charge in [-0.2, -0.15) is 5.26 Å². The van der Waals surface area contributed by atoms with Crippen LogP contribution in [0.5, 0.6) is 0 Å². The topological polar surface area (TPSA) is 66.0 Å². The number of carboxylic acids is 1. The van der Waals surface area contributed by atoms with Crippen molar-refractivity contribution in [3.05, 3.63) is 53.6 Å². The molecule has 0 saturated heterocycles. The summed E-state index contributed by atoms with van der Waals surface area (Å²) < 4.78 is 14.1. The minimum atomic E-state index is -1.20. The van der Waals surface area contributed by atoms with E-state index in [-0.39, 0.29) is 11.3 Å². The van der Waals surface area contributed by atoms with Crippen molar-refractivity contribution < 1.29 is 14.3 Å². The Hall–Kier alpha value is -2.61. The Kier molecular flexibility index (Phi) is 2.63. The maximum atomic E-state index is 12.8. The monoisotopic (exact) mass is 230 g/mol. The van der Waals surface area contributed by atoms with Gasteiger partial charge in [-0.25, -0.2) is 9.18 Å². The van der Waals surface area contributed by atoms with Gasteiger partial charge in [0.2, 0.25) is 0 Å². The number of carboxylic acid groups (broad SMARTS) is 1. The smallest absolute Gasteiger partial charge is 0.354 e. The van der Waals surface area contributed by atoms with Crippen molar-refractivity contribution in [2.45, 2.75) is 0 Å². The number of aromatic nitrogens is 1. The van der Waals surface area contributed by atoms with E-state index in [1.165, 1.54) is 41.1 Å². The highest BCUT2D eigenvalue weighted by molar-refractivity contribution is 5.89. The first-order valence-corrected chi connectivity index (χ1v) is 4.74. The number of nitrogens with zero attached hydrogens (tertiary/aromatic N) is 2. The normalized spacial score (nSPS) is 9.88. The van der Waals surface area contributed by atoms with Crippen LogP contribution in [0, 0.1) is 17.1 Å². The van der Waals surface area contributed by atoms with Crippen molar-refractivity contribution in [3.63, 3.8) is 0 Å². The van der Waals surface area contributed by atoms with E-state index in [0.29, 0.717) is 5.69 Å². The highest BCUT2D eigenvalue weighted by Crippen LogP contribution is 2.17. The van der Waals surface area contributed by atoms with Gasteiger partial charge in [0, 0.05) is 11.9 Å². The van der Waals surface area contributed by atoms with E-state index >= 15 is 0 Å². The zero-order valence-electron chi connectivity index (χ0n) is 8.59. The fraction of sp³-hybridized carbons (Fsp3) is 0. The van der Waals surface area contributed by atoms with Crippen LogP contribution in [0.15, 0.2) is 36.5 Å². The number of hydrogen-bond acceptors (Lipinski definition) is 2. The lowest BCUT2D eigenvalue weighted by atomic mass is 10.2. The van der Waals surface area contributed by atoms with Gasteiger partial charge < -0.3 is 9.67 Å². The zero-order chi connectivity index (χ0) is 12.4. The van der Waals surface area contributed by atoms with E-state index < -0.39 is 11.8 Å². The molecule has 0 saturated carbocycles. The predicted octanol–water partition coefficient (Wildman–Crippen LogP) is 2.19. The molecular formula is C12H7FN2O2. The number of aromatic carboxylic acids is 1. The van der Waals surface area contributed by atoms with E-state index in [1.807, 2.05) is 0 Å². The molecule has 0 aliphatic carbocycles. The molecule has 0 bridgehead atoms. The summed E-state index contributed by atoms with van der Waals surface area (Å²) in [5.74, 6) is -1.60. The van der Waals surface area contributed by atoms with E-state index in [0.717, 1.165) is 0 Å². The highest BCUT2D eigenvalue weighted by Gasteiger charge is 2.16. The molecule has 1 heterocycles. The molecule has 0 unspecified atom stereocenters. The maximum Gasteiger partial charge on any atom is 0.354 e. The molecule has 4 nitrogen and oxygen atoms in total. The maximum absolute atomic E-state index is 12.8. The lowest BCUT2D eigenvalue weighted by molar-refractivity contribution is 0.0688. The molecule has 0 atom stereocenters. The molecule has 1 N–H and O–H groups in total. The number of nitriles is 1. The highest BCUT2D eigenvalue weighted by atomic mass is 19.1. The van der Waals surface area contributed by atoms with Crippen molar-refractivity contribution in [1.82, 2.24) is 4.57 Å². The van der Waals surface area contributed by atoms with Gasteiger partial charge in [0.1, 0.15) is 17.6 Å². The molecule has 0 fully saturated rings. The summed E-state index contributed by atoms with van der Waals surface area (Å²) in [7, 11) is 0. The molecule has 2 aromatic rings. The molecule has 0 spiro atoms. The van der Waals surface area contributed by atoms with Gasteiger partial charge >= 0.3 is 5.97 Å². The van der Waals surface area contributed by atoms with Crippen molar-refractivity contribution in [3.8, 4) is 11.8 Å². The molecule has 0 amide bonds. The zero-order valence-corrected chi connectivity index (χ0v) is 8.59. The molecule has 0 radical (unpaired) electrons. The van der Waals surface area contributed by atoms with Crippen LogP contribution in [0.3, 0.4) is 0 Å².